The van der Waals surface area contributed by atoms with Crippen LogP contribution in [0.4, 0.5) is 4.79 Å². The van der Waals surface area contributed by atoms with E-state index in [1.807, 2.05) is 4.90 Å². The van der Waals surface area contributed by atoms with E-state index in [0.717, 1.165) is 12.8 Å². The highest BCUT2D eigenvalue weighted by Crippen LogP contribution is 2.25. The summed E-state index contributed by atoms with van der Waals surface area (Å²) in [5, 5.41) is 9.00. The number of aliphatic hydroxyl groups is 1. The molecular formula is C12H21NO3. The molecule has 2 fully saturated rings. The van der Waals surface area contributed by atoms with Crippen molar-refractivity contribution in [3.63, 3.8) is 0 Å². The van der Waals surface area contributed by atoms with Crippen LogP contribution in [0.5, 0.6) is 0 Å². The van der Waals surface area contributed by atoms with Crippen LogP contribution in [0.1, 0.15) is 44.9 Å². The number of ether oxygens (including phenoxy) is 1. The summed E-state index contributed by atoms with van der Waals surface area (Å²) in [4.78, 5) is 13.5. The van der Waals surface area contributed by atoms with Gasteiger partial charge in [0, 0.05) is 6.04 Å². The summed E-state index contributed by atoms with van der Waals surface area (Å²) in [6.07, 6.45) is 7.95. The first-order valence-electron chi connectivity index (χ1n) is 6.39. The molecule has 1 heterocycles. The van der Waals surface area contributed by atoms with Crippen LogP contribution in [0.25, 0.3) is 0 Å². The van der Waals surface area contributed by atoms with Crippen LogP contribution >= 0.6 is 0 Å². The van der Waals surface area contributed by atoms with Gasteiger partial charge in [0.2, 0.25) is 0 Å². The van der Waals surface area contributed by atoms with Crippen LogP contribution in [-0.4, -0.2) is 41.4 Å². The fraction of sp³-hybridized carbons (Fsp3) is 0.917. The molecule has 1 saturated heterocycles. The number of amides is 1. The second-order valence-electron chi connectivity index (χ2n) is 4.84. The number of hydrogen-bond donors (Lipinski definition) is 1. The van der Waals surface area contributed by atoms with Crippen molar-refractivity contribution >= 4 is 6.09 Å². The molecule has 2 aliphatic rings. The summed E-state index contributed by atoms with van der Waals surface area (Å²) in [6.45, 7) is 0.509. The van der Waals surface area contributed by atoms with Gasteiger partial charge in [0.1, 0.15) is 6.10 Å². The SMILES string of the molecule is O=C1OC(CO)CN1C1CCCCCCC1. The largest absolute Gasteiger partial charge is 0.442 e. The Balaban J connectivity index is 1.91. The van der Waals surface area contributed by atoms with Crippen molar-refractivity contribution in [3.8, 4) is 0 Å². The Hall–Kier alpha value is -0.770. The average Bonchev–Trinajstić information content (AvgIpc) is 2.60. The van der Waals surface area contributed by atoms with E-state index in [-0.39, 0.29) is 18.8 Å². The summed E-state index contributed by atoms with van der Waals surface area (Å²) in [6, 6.07) is 0.337. The van der Waals surface area contributed by atoms with Gasteiger partial charge in [0.05, 0.1) is 13.2 Å². The summed E-state index contributed by atoms with van der Waals surface area (Å²) in [5.74, 6) is 0. The average molecular weight is 227 g/mol. The minimum Gasteiger partial charge on any atom is -0.442 e. The van der Waals surface area contributed by atoms with Crippen LogP contribution in [-0.2, 0) is 4.74 Å². The van der Waals surface area contributed by atoms with Crippen molar-refractivity contribution in [2.75, 3.05) is 13.2 Å². The molecule has 4 nitrogen and oxygen atoms in total. The van der Waals surface area contributed by atoms with E-state index in [4.69, 9.17) is 9.84 Å². The molecule has 4 heteroatoms. The highest BCUT2D eigenvalue weighted by atomic mass is 16.6. The van der Waals surface area contributed by atoms with Crippen molar-refractivity contribution in [2.45, 2.75) is 57.1 Å². The van der Waals surface area contributed by atoms with Crippen molar-refractivity contribution < 1.29 is 14.6 Å². The summed E-state index contributed by atoms with van der Waals surface area (Å²) >= 11 is 0. The Labute approximate surface area is 96.6 Å². The first kappa shape index (κ1) is 11.7. The highest BCUT2D eigenvalue weighted by Gasteiger charge is 2.35. The molecule has 0 bridgehead atoms. The zero-order valence-corrected chi connectivity index (χ0v) is 9.73. The van der Waals surface area contributed by atoms with Crippen LogP contribution in [0, 0.1) is 0 Å². The van der Waals surface area contributed by atoms with Gasteiger partial charge in [-0.25, -0.2) is 4.79 Å². The highest BCUT2D eigenvalue weighted by molar-refractivity contribution is 5.70. The molecule has 1 unspecified atom stereocenters. The quantitative estimate of drug-likeness (QED) is 0.784. The minimum absolute atomic E-state index is 0.0606. The molecule has 1 atom stereocenters. The van der Waals surface area contributed by atoms with E-state index in [1.165, 1.54) is 32.1 Å². The van der Waals surface area contributed by atoms with Crippen LogP contribution < -0.4 is 0 Å². The Kier molecular flexibility index (Phi) is 4.04. The summed E-state index contributed by atoms with van der Waals surface area (Å²) in [5.41, 5.74) is 0. The van der Waals surface area contributed by atoms with E-state index in [1.54, 1.807) is 0 Å². The third kappa shape index (κ3) is 2.67. The van der Waals surface area contributed by atoms with Crippen molar-refractivity contribution in [1.82, 2.24) is 4.90 Å². The van der Waals surface area contributed by atoms with Crippen LogP contribution in [0.3, 0.4) is 0 Å². The van der Waals surface area contributed by atoms with Gasteiger partial charge in [-0.05, 0) is 12.8 Å². The van der Waals surface area contributed by atoms with E-state index < -0.39 is 0 Å². The van der Waals surface area contributed by atoms with Crippen molar-refractivity contribution in [3.05, 3.63) is 0 Å². The maximum atomic E-state index is 11.6. The number of aliphatic hydroxyl groups excluding tert-OH is 1. The number of rotatable bonds is 2. The second kappa shape index (κ2) is 5.53. The van der Waals surface area contributed by atoms with Crippen molar-refractivity contribution in [2.24, 2.45) is 0 Å². The normalized spacial score (nSPS) is 28.7. The molecule has 1 aliphatic carbocycles. The molecular weight excluding hydrogens is 206 g/mol. The lowest BCUT2D eigenvalue weighted by molar-refractivity contribution is 0.0936. The van der Waals surface area contributed by atoms with E-state index >= 15 is 0 Å². The van der Waals surface area contributed by atoms with Crippen LogP contribution in [0.2, 0.25) is 0 Å². The van der Waals surface area contributed by atoms with E-state index in [9.17, 15) is 4.79 Å². The van der Waals surface area contributed by atoms with Crippen LogP contribution in [0.15, 0.2) is 0 Å². The van der Waals surface area contributed by atoms with Gasteiger partial charge in [0.25, 0.3) is 0 Å². The maximum Gasteiger partial charge on any atom is 0.410 e. The fourth-order valence-corrected chi connectivity index (χ4v) is 2.68. The van der Waals surface area contributed by atoms with E-state index in [0.29, 0.717) is 12.6 Å². The second-order valence-corrected chi connectivity index (χ2v) is 4.84. The van der Waals surface area contributed by atoms with Gasteiger partial charge in [-0.2, -0.15) is 0 Å². The van der Waals surface area contributed by atoms with E-state index in [2.05, 4.69) is 0 Å². The Morgan fingerprint density at radius 1 is 1.19 bits per heavy atom. The van der Waals surface area contributed by atoms with Gasteiger partial charge < -0.3 is 14.7 Å². The Morgan fingerprint density at radius 2 is 1.81 bits per heavy atom. The molecule has 1 N–H and O–H groups in total. The molecule has 1 aliphatic heterocycles. The first-order chi connectivity index (χ1) is 7.81. The predicted molar refractivity (Wildman–Crippen MR) is 60.2 cm³/mol. The monoisotopic (exact) mass is 227 g/mol. The zero-order valence-electron chi connectivity index (χ0n) is 9.73. The number of hydrogen-bond acceptors (Lipinski definition) is 3. The van der Waals surface area contributed by atoms with Gasteiger partial charge >= 0.3 is 6.09 Å². The lowest BCUT2D eigenvalue weighted by Crippen LogP contribution is -2.37. The standard InChI is InChI=1S/C12H21NO3/c14-9-11-8-13(12(15)16-11)10-6-4-2-1-3-5-7-10/h10-11,14H,1-9H2. The number of cyclic esters (lactones) is 1. The van der Waals surface area contributed by atoms with Gasteiger partial charge in [0.15, 0.2) is 0 Å². The lowest BCUT2D eigenvalue weighted by atomic mass is 9.96. The third-order valence-electron chi connectivity index (χ3n) is 3.62. The molecule has 1 saturated carbocycles. The number of carbonyl (C=O) groups is 1. The molecule has 1 amide bonds. The molecule has 0 spiro atoms. The summed E-state index contributed by atoms with van der Waals surface area (Å²) in [7, 11) is 0. The van der Waals surface area contributed by atoms with Gasteiger partial charge in [-0.1, -0.05) is 32.1 Å². The molecule has 0 aromatic heterocycles. The Morgan fingerprint density at radius 3 is 2.38 bits per heavy atom. The smallest absolute Gasteiger partial charge is 0.410 e. The summed E-state index contributed by atoms with van der Waals surface area (Å²) < 4.78 is 5.09. The maximum absolute atomic E-state index is 11.6. The molecule has 0 aromatic carbocycles. The third-order valence-corrected chi connectivity index (χ3v) is 3.62. The number of carbonyl (C=O) groups excluding carboxylic acids is 1. The lowest BCUT2D eigenvalue weighted by Gasteiger charge is -2.27. The first-order valence-corrected chi connectivity index (χ1v) is 6.39. The molecule has 2 rings (SSSR count). The van der Waals surface area contributed by atoms with Gasteiger partial charge in [-0.3, -0.25) is 0 Å². The molecule has 16 heavy (non-hydrogen) atoms. The molecule has 92 valence electrons. The predicted octanol–water partition coefficient (Wildman–Crippen LogP) is 1.91. The minimum atomic E-state index is -0.307. The fourth-order valence-electron chi connectivity index (χ4n) is 2.68. The molecule has 0 aromatic rings. The topological polar surface area (TPSA) is 49.8 Å². The number of nitrogens with zero attached hydrogens (tertiary/aromatic N) is 1. The van der Waals surface area contributed by atoms with Crippen molar-refractivity contribution in [1.29, 1.82) is 0 Å². The molecule has 0 radical (unpaired) electrons. The zero-order chi connectivity index (χ0) is 11.4. The van der Waals surface area contributed by atoms with Gasteiger partial charge in [-0.15, -0.1) is 0 Å². The Bertz CT molecular complexity index is 236.